The van der Waals surface area contributed by atoms with Crippen molar-refractivity contribution in [3.63, 3.8) is 0 Å². The average molecular weight is 433 g/mol. The van der Waals surface area contributed by atoms with Gasteiger partial charge >= 0.3 is 0 Å². The van der Waals surface area contributed by atoms with Gasteiger partial charge in [-0.25, -0.2) is 0 Å². The molecule has 0 aromatic carbocycles. The first kappa shape index (κ1) is 23.8. The molecule has 0 amide bonds. The maximum Gasteiger partial charge on any atom is 0.0965 e. The fourth-order valence-corrected chi connectivity index (χ4v) is 8.85. The van der Waals surface area contributed by atoms with Crippen LogP contribution in [0, 0.1) is 40.4 Å². The van der Waals surface area contributed by atoms with Gasteiger partial charge in [-0.05, 0) is 119 Å². The number of aliphatic hydroxyl groups is 3. The molecule has 0 saturated heterocycles. The van der Waals surface area contributed by atoms with Crippen molar-refractivity contribution in [3.8, 4) is 0 Å². The summed E-state index contributed by atoms with van der Waals surface area (Å²) in [5, 5.41) is 31.6. The molecule has 3 heteroatoms. The summed E-state index contributed by atoms with van der Waals surface area (Å²) in [6.45, 7) is 13.0. The summed E-state index contributed by atoms with van der Waals surface area (Å²) in [7, 11) is 0. The van der Waals surface area contributed by atoms with Crippen LogP contribution in [0.5, 0.6) is 0 Å². The van der Waals surface area contributed by atoms with Gasteiger partial charge in [0.1, 0.15) is 0 Å². The van der Waals surface area contributed by atoms with Gasteiger partial charge in [0.05, 0.1) is 17.3 Å². The molecule has 178 valence electrons. The zero-order valence-electron chi connectivity index (χ0n) is 21.0. The molecular weight excluding hydrogens is 384 g/mol. The Labute approximate surface area is 190 Å². The molecule has 0 heterocycles. The van der Waals surface area contributed by atoms with Gasteiger partial charge in [0.25, 0.3) is 0 Å². The molecule has 3 nitrogen and oxygen atoms in total. The van der Waals surface area contributed by atoms with Crippen molar-refractivity contribution in [2.45, 2.75) is 123 Å². The number of aliphatic hydroxyl groups excluding tert-OH is 1. The van der Waals surface area contributed by atoms with Crippen LogP contribution in [-0.2, 0) is 0 Å². The van der Waals surface area contributed by atoms with Gasteiger partial charge in [0, 0.05) is 6.42 Å². The lowest BCUT2D eigenvalue weighted by Crippen LogP contribution is -2.57. The van der Waals surface area contributed by atoms with Crippen molar-refractivity contribution in [2.75, 3.05) is 0 Å². The Hall–Kier alpha value is -0.380. The molecule has 31 heavy (non-hydrogen) atoms. The standard InChI is InChI=1S/C28H48O3/c1-18(7-8-19(2)29)22-11-12-23-21-10-9-20-17-28(31,25(3,4)30)16-15-26(20,5)24(21)13-14-27(22,23)6/h9,18-19,21-24,29-31H,7-8,10-17H2,1-6H3/t18-,19-,21+,22-,23+,24+,26+,27-,28+/m1/s1. The van der Waals surface area contributed by atoms with E-state index in [2.05, 4.69) is 26.8 Å². The highest BCUT2D eigenvalue weighted by Gasteiger charge is 2.61. The zero-order valence-corrected chi connectivity index (χ0v) is 21.0. The van der Waals surface area contributed by atoms with E-state index >= 15 is 0 Å². The second-order valence-electron chi connectivity index (χ2n) is 13.2. The molecule has 4 aliphatic rings. The Morgan fingerprint density at radius 3 is 2.39 bits per heavy atom. The summed E-state index contributed by atoms with van der Waals surface area (Å²) in [6.07, 6.45) is 13.2. The molecule has 3 saturated carbocycles. The Morgan fingerprint density at radius 2 is 1.74 bits per heavy atom. The minimum atomic E-state index is -1.06. The van der Waals surface area contributed by atoms with E-state index in [-0.39, 0.29) is 11.5 Å². The minimum Gasteiger partial charge on any atom is -0.393 e. The van der Waals surface area contributed by atoms with Crippen molar-refractivity contribution in [2.24, 2.45) is 40.4 Å². The van der Waals surface area contributed by atoms with Crippen LogP contribution in [0.4, 0.5) is 0 Å². The van der Waals surface area contributed by atoms with Gasteiger partial charge in [0.15, 0.2) is 0 Å². The predicted molar refractivity (Wildman–Crippen MR) is 127 cm³/mol. The van der Waals surface area contributed by atoms with Crippen LogP contribution in [0.15, 0.2) is 11.6 Å². The van der Waals surface area contributed by atoms with E-state index in [4.69, 9.17) is 0 Å². The molecule has 4 aliphatic carbocycles. The first-order valence-electron chi connectivity index (χ1n) is 13.1. The van der Waals surface area contributed by atoms with Gasteiger partial charge in [-0.1, -0.05) is 32.4 Å². The van der Waals surface area contributed by atoms with Crippen LogP contribution in [0.25, 0.3) is 0 Å². The number of allylic oxidation sites excluding steroid dienone is 1. The fourth-order valence-electron chi connectivity index (χ4n) is 8.85. The van der Waals surface area contributed by atoms with Crippen LogP contribution in [0.2, 0.25) is 0 Å². The summed E-state index contributed by atoms with van der Waals surface area (Å²) < 4.78 is 0. The van der Waals surface area contributed by atoms with E-state index in [0.29, 0.717) is 24.2 Å². The number of hydrogen-bond acceptors (Lipinski definition) is 3. The second-order valence-corrected chi connectivity index (χ2v) is 13.2. The average Bonchev–Trinajstić information content (AvgIpc) is 3.03. The summed E-state index contributed by atoms with van der Waals surface area (Å²) in [6, 6.07) is 0. The van der Waals surface area contributed by atoms with Gasteiger partial charge in [-0.15, -0.1) is 0 Å². The third-order valence-corrected chi connectivity index (χ3v) is 11.1. The molecule has 4 rings (SSSR count). The largest absolute Gasteiger partial charge is 0.393 e. The Morgan fingerprint density at radius 1 is 1.03 bits per heavy atom. The molecule has 0 aliphatic heterocycles. The highest BCUT2D eigenvalue weighted by atomic mass is 16.4. The fraction of sp³-hybridized carbons (Fsp3) is 0.929. The van der Waals surface area contributed by atoms with Crippen molar-refractivity contribution in [1.29, 1.82) is 0 Å². The molecule has 0 aromatic rings. The number of rotatable bonds is 5. The maximum atomic E-state index is 11.2. The van der Waals surface area contributed by atoms with E-state index in [1.807, 2.05) is 6.92 Å². The van der Waals surface area contributed by atoms with Gasteiger partial charge < -0.3 is 15.3 Å². The topological polar surface area (TPSA) is 60.7 Å². The lowest BCUT2D eigenvalue weighted by Gasteiger charge is -2.60. The number of fused-ring (bicyclic) bond motifs is 5. The lowest BCUT2D eigenvalue weighted by molar-refractivity contribution is -0.158. The van der Waals surface area contributed by atoms with E-state index in [0.717, 1.165) is 49.4 Å². The minimum absolute atomic E-state index is 0.182. The maximum absolute atomic E-state index is 11.2. The molecule has 3 N–H and O–H groups in total. The second kappa shape index (κ2) is 7.84. The molecular formula is C28H48O3. The summed E-state index contributed by atoms with van der Waals surface area (Å²) in [4.78, 5) is 0. The van der Waals surface area contributed by atoms with Crippen LogP contribution < -0.4 is 0 Å². The third-order valence-electron chi connectivity index (χ3n) is 11.1. The van der Waals surface area contributed by atoms with Crippen molar-refractivity contribution in [3.05, 3.63) is 11.6 Å². The molecule has 9 atom stereocenters. The van der Waals surface area contributed by atoms with Crippen LogP contribution in [-0.4, -0.2) is 32.6 Å². The highest BCUT2D eigenvalue weighted by molar-refractivity contribution is 5.28. The highest BCUT2D eigenvalue weighted by Crippen LogP contribution is 2.68. The molecule has 0 radical (unpaired) electrons. The quantitative estimate of drug-likeness (QED) is 0.477. The first-order chi connectivity index (χ1) is 14.3. The van der Waals surface area contributed by atoms with Crippen molar-refractivity contribution < 1.29 is 15.3 Å². The summed E-state index contributed by atoms with van der Waals surface area (Å²) >= 11 is 0. The van der Waals surface area contributed by atoms with Gasteiger partial charge in [-0.2, -0.15) is 0 Å². The SMILES string of the molecule is C[C@H](CC[C@@H](C)O)[C@H]1CC[C@H]2[C@@H]3CC=C4C[C@](O)(C(C)(C)O)CC[C@]4(C)[C@H]3CC[C@]12C. The number of hydrogen-bond donors (Lipinski definition) is 3. The Kier molecular flexibility index (Phi) is 6.01. The zero-order chi connectivity index (χ0) is 22.8. The summed E-state index contributed by atoms with van der Waals surface area (Å²) in [5.41, 5.74) is 0.0128. The molecule has 3 fully saturated rings. The normalized spacial score (nSPS) is 47.1. The molecule has 0 bridgehead atoms. The lowest BCUT2D eigenvalue weighted by atomic mass is 9.45. The van der Waals surface area contributed by atoms with Gasteiger partial charge in [0.2, 0.25) is 0 Å². The monoisotopic (exact) mass is 432 g/mol. The third kappa shape index (κ3) is 3.75. The Balaban J connectivity index is 1.54. The van der Waals surface area contributed by atoms with E-state index in [1.54, 1.807) is 13.8 Å². The molecule has 0 unspecified atom stereocenters. The van der Waals surface area contributed by atoms with Crippen molar-refractivity contribution in [1.82, 2.24) is 0 Å². The van der Waals surface area contributed by atoms with Gasteiger partial charge in [-0.3, -0.25) is 0 Å². The van der Waals surface area contributed by atoms with Crippen LogP contribution >= 0.6 is 0 Å². The van der Waals surface area contributed by atoms with E-state index in [9.17, 15) is 15.3 Å². The molecule has 0 spiro atoms. The Bertz CT molecular complexity index is 706. The van der Waals surface area contributed by atoms with E-state index in [1.165, 1.54) is 31.3 Å². The predicted octanol–water partition coefficient (Wildman–Crippen LogP) is 5.86. The smallest absolute Gasteiger partial charge is 0.0965 e. The summed E-state index contributed by atoms with van der Waals surface area (Å²) in [5.74, 6) is 3.80. The van der Waals surface area contributed by atoms with Crippen molar-refractivity contribution >= 4 is 0 Å². The molecule has 0 aromatic heterocycles. The van der Waals surface area contributed by atoms with Crippen LogP contribution in [0.1, 0.15) is 106 Å². The van der Waals surface area contributed by atoms with Crippen LogP contribution in [0.3, 0.4) is 0 Å². The first-order valence-corrected chi connectivity index (χ1v) is 13.1. The van der Waals surface area contributed by atoms with E-state index < -0.39 is 11.2 Å².